The van der Waals surface area contributed by atoms with Crippen LogP contribution in [-0.4, -0.2) is 33.7 Å². The van der Waals surface area contributed by atoms with Crippen LogP contribution in [0.4, 0.5) is 5.69 Å². The van der Waals surface area contributed by atoms with Gasteiger partial charge in [-0.3, -0.25) is 9.48 Å². The van der Waals surface area contributed by atoms with E-state index in [1.54, 1.807) is 17.1 Å². The summed E-state index contributed by atoms with van der Waals surface area (Å²) in [6, 6.07) is 8.42. The number of nitrogens with two attached hydrogens (primary N) is 1. The predicted octanol–water partition coefficient (Wildman–Crippen LogP) is 1.09. The molecule has 1 aliphatic rings. The first kappa shape index (κ1) is 12.7. The number of aromatic nitrogens is 2. The Hall–Kier alpha value is -2.30. The molecule has 0 spiro atoms. The van der Waals surface area contributed by atoms with Crippen LogP contribution in [0.1, 0.15) is 11.1 Å². The number of hydrogen-bond acceptors (Lipinski definition) is 3. The third-order valence-corrected chi connectivity index (χ3v) is 3.72. The van der Waals surface area contributed by atoms with E-state index in [1.165, 1.54) is 11.1 Å². The van der Waals surface area contributed by atoms with Crippen molar-refractivity contribution in [3.05, 3.63) is 47.8 Å². The van der Waals surface area contributed by atoms with Gasteiger partial charge in [-0.2, -0.15) is 5.10 Å². The third kappa shape index (κ3) is 2.66. The number of nitrogens with zero attached hydrogens (tertiary/aromatic N) is 3. The van der Waals surface area contributed by atoms with E-state index >= 15 is 0 Å². The zero-order chi connectivity index (χ0) is 13.9. The molecule has 1 aromatic heterocycles. The molecule has 0 bridgehead atoms. The molecule has 0 unspecified atom stereocenters. The zero-order valence-corrected chi connectivity index (χ0v) is 11.3. The van der Waals surface area contributed by atoms with E-state index in [9.17, 15) is 4.79 Å². The maximum Gasteiger partial charge on any atom is 0.244 e. The number of hydrogen-bond donors (Lipinski definition) is 1. The van der Waals surface area contributed by atoms with Crippen molar-refractivity contribution >= 4 is 11.6 Å². The van der Waals surface area contributed by atoms with Crippen LogP contribution in [0.5, 0.6) is 0 Å². The van der Waals surface area contributed by atoms with E-state index in [0.717, 1.165) is 25.9 Å². The molecule has 2 heterocycles. The van der Waals surface area contributed by atoms with Crippen LogP contribution in [0, 0.1) is 0 Å². The Morgan fingerprint density at radius 1 is 1.20 bits per heavy atom. The van der Waals surface area contributed by atoms with Crippen molar-refractivity contribution in [1.82, 2.24) is 14.7 Å². The fraction of sp³-hybridized carbons (Fsp3) is 0.333. The molecule has 0 saturated heterocycles. The van der Waals surface area contributed by atoms with Crippen LogP contribution >= 0.6 is 0 Å². The summed E-state index contributed by atoms with van der Waals surface area (Å²) < 4.78 is 1.59. The van der Waals surface area contributed by atoms with Crippen molar-refractivity contribution in [3.8, 4) is 0 Å². The lowest BCUT2D eigenvalue weighted by Gasteiger charge is -2.20. The van der Waals surface area contributed by atoms with Gasteiger partial charge in [0, 0.05) is 19.3 Å². The molecule has 20 heavy (non-hydrogen) atoms. The summed E-state index contributed by atoms with van der Waals surface area (Å²) in [5.41, 5.74) is 8.90. The number of fused-ring (bicyclic) bond motifs is 1. The molecule has 3 rings (SSSR count). The average molecular weight is 270 g/mol. The summed E-state index contributed by atoms with van der Waals surface area (Å²) in [6.45, 7) is 1.80. The highest BCUT2D eigenvalue weighted by Gasteiger charge is 2.18. The molecule has 1 aliphatic heterocycles. The van der Waals surface area contributed by atoms with Crippen LogP contribution in [-0.2, 0) is 24.2 Å². The van der Waals surface area contributed by atoms with Gasteiger partial charge in [0.25, 0.3) is 0 Å². The lowest BCUT2D eigenvalue weighted by atomic mass is 10.0. The smallest absolute Gasteiger partial charge is 0.244 e. The van der Waals surface area contributed by atoms with Crippen molar-refractivity contribution in [2.45, 2.75) is 19.4 Å². The van der Waals surface area contributed by atoms with E-state index in [2.05, 4.69) is 29.4 Å². The van der Waals surface area contributed by atoms with Crippen LogP contribution in [0.2, 0.25) is 0 Å². The van der Waals surface area contributed by atoms with Gasteiger partial charge in [0.15, 0.2) is 0 Å². The van der Waals surface area contributed by atoms with Gasteiger partial charge in [-0.1, -0.05) is 24.3 Å². The molecule has 5 heteroatoms. The minimum Gasteiger partial charge on any atom is -0.396 e. The maximum absolute atomic E-state index is 12.3. The van der Waals surface area contributed by atoms with Gasteiger partial charge < -0.3 is 10.6 Å². The highest BCUT2D eigenvalue weighted by atomic mass is 16.2. The normalized spacial score (nSPS) is 14.7. The Morgan fingerprint density at radius 2 is 1.85 bits per heavy atom. The molecular formula is C15H18N4O. The summed E-state index contributed by atoms with van der Waals surface area (Å²) in [5.74, 6) is 0.0981. The van der Waals surface area contributed by atoms with Crippen molar-refractivity contribution in [3.63, 3.8) is 0 Å². The quantitative estimate of drug-likeness (QED) is 0.888. The number of carbonyl (C=O) groups is 1. The molecule has 0 fully saturated rings. The second-order valence-electron chi connectivity index (χ2n) is 5.12. The first-order valence-electron chi connectivity index (χ1n) is 6.85. The summed E-state index contributed by atoms with van der Waals surface area (Å²) in [4.78, 5) is 14.2. The molecule has 2 aromatic rings. The number of rotatable bonds is 2. The Kier molecular flexibility index (Phi) is 3.41. The Labute approximate surface area is 118 Å². The van der Waals surface area contributed by atoms with Gasteiger partial charge in [-0.15, -0.1) is 0 Å². The zero-order valence-electron chi connectivity index (χ0n) is 11.3. The number of amides is 1. The second-order valence-corrected chi connectivity index (χ2v) is 5.12. The molecule has 1 aromatic carbocycles. The molecule has 1 amide bonds. The largest absolute Gasteiger partial charge is 0.396 e. The fourth-order valence-electron chi connectivity index (χ4n) is 2.62. The predicted molar refractivity (Wildman–Crippen MR) is 77.1 cm³/mol. The van der Waals surface area contributed by atoms with Crippen LogP contribution in [0.25, 0.3) is 0 Å². The minimum atomic E-state index is 0.0981. The van der Waals surface area contributed by atoms with Crippen molar-refractivity contribution < 1.29 is 4.79 Å². The van der Waals surface area contributed by atoms with Crippen molar-refractivity contribution in [2.24, 2.45) is 0 Å². The number of nitrogen functional groups attached to an aromatic ring is 1. The summed E-state index contributed by atoms with van der Waals surface area (Å²) in [7, 11) is 0. The first-order valence-corrected chi connectivity index (χ1v) is 6.85. The lowest BCUT2D eigenvalue weighted by Crippen LogP contribution is -2.35. The van der Waals surface area contributed by atoms with Gasteiger partial charge in [0.2, 0.25) is 5.91 Å². The van der Waals surface area contributed by atoms with Crippen LogP contribution in [0.15, 0.2) is 36.7 Å². The number of benzene rings is 1. The van der Waals surface area contributed by atoms with E-state index in [0.29, 0.717) is 5.69 Å². The molecule has 5 nitrogen and oxygen atoms in total. The van der Waals surface area contributed by atoms with Crippen molar-refractivity contribution in [2.75, 3.05) is 18.8 Å². The standard InChI is InChI=1S/C15H18N4O/c16-14-9-17-19(10-14)11-15(20)18-7-5-12-3-1-2-4-13(12)6-8-18/h1-4,9-10H,5-8,11,16H2. The summed E-state index contributed by atoms with van der Waals surface area (Å²) in [6.07, 6.45) is 5.09. The van der Waals surface area contributed by atoms with E-state index in [-0.39, 0.29) is 12.5 Å². The van der Waals surface area contributed by atoms with E-state index in [4.69, 9.17) is 5.73 Å². The molecule has 2 N–H and O–H groups in total. The average Bonchev–Trinajstić information content (AvgIpc) is 2.74. The minimum absolute atomic E-state index is 0.0981. The highest BCUT2D eigenvalue weighted by molar-refractivity contribution is 5.76. The SMILES string of the molecule is Nc1cnn(CC(=O)N2CCc3ccccc3CC2)c1. The van der Waals surface area contributed by atoms with Gasteiger partial charge in [-0.25, -0.2) is 0 Å². The third-order valence-electron chi connectivity index (χ3n) is 3.72. The lowest BCUT2D eigenvalue weighted by molar-refractivity contribution is -0.131. The van der Waals surface area contributed by atoms with Gasteiger partial charge in [0.05, 0.1) is 11.9 Å². The van der Waals surface area contributed by atoms with Gasteiger partial charge >= 0.3 is 0 Å². The first-order chi connectivity index (χ1) is 9.72. The molecule has 0 radical (unpaired) electrons. The number of anilines is 1. The summed E-state index contributed by atoms with van der Waals surface area (Å²) >= 11 is 0. The van der Waals surface area contributed by atoms with Crippen LogP contribution < -0.4 is 5.73 Å². The monoisotopic (exact) mass is 270 g/mol. The highest BCUT2D eigenvalue weighted by Crippen LogP contribution is 2.15. The molecule has 104 valence electrons. The fourth-order valence-corrected chi connectivity index (χ4v) is 2.62. The molecule has 0 atom stereocenters. The Morgan fingerprint density at radius 3 is 2.40 bits per heavy atom. The molecule has 0 saturated carbocycles. The second kappa shape index (κ2) is 5.36. The van der Waals surface area contributed by atoms with E-state index < -0.39 is 0 Å². The maximum atomic E-state index is 12.3. The Balaban J connectivity index is 1.66. The number of carbonyl (C=O) groups excluding carboxylic acids is 1. The molecule has 0 aliphatic carbocycles. The topological polar surface area (TPSA) is 64.1 Å². The van der Waals surface area contributed by atoms with Gasteiger partial charge in [-0.05, 0) is 24.0 Å². The van der Waals surface area contributed by atoms with Crippen molar-refractivity contribution in [1.29, 1.82) is 0 Å². The summed E-state index contributed by atoms with van der Waals surface area (Å²) in [5, 5.41) is 4.06. The van der Waals surface area contributed by atoms with E-state index in [1.807, 2.05) is 4.90 Å². The molecular weight excluding hydrogens is 252 g/mol. The van der Waals surface area contributed by atoms with Gasteiger partial charge in [0.1, 0.15) is 6.54 Å². The Bertz CT molecular complexity index is 593. The van der Waals surface area contributed by atoms with Crippen LogP contribution in [0.3, 0.4) is 0 Å².